The summed E-state index contributed by atoms with van der Waals surface area (Å²) in [6.45, 7) is 8.94. The van der Waals surface area contributed by atoms with Crippen molar-refractivity contribution < 1.29 is 0 Å². The Bertz CT molecular complexity index is 301. The third-order valence-electron chi connectivity index (χ3n) is 2.63. The predicted molar refractivity (Wildman–Crippen MR) is 66.7 cm³/mol. The van der Waals surface area contributed by atoms with Crippen molar-refractivity contribution in [1.82, 2.24) is 4.98 Å². The van der Waals surface area contributed by atoms with Gasteiger partial charge in [0, 0.05) is 25.9 Å². The third kappa shape index (κ3) is 2.49. The quantitative estimate of drug-likeness (QED) is 0.753. The molecule has 0 aliphatic rings. The fraction of sp³-hybridized carbons (Fsp3) is 0.615. The van der Waals surface area contributed by atoms with E-state index in [-0.39, 0.29) is 0 Å². The zero-order valence-electron chi connectivity index (χ0n) is 10.7. The summed E-state index contributed by atoms with van der Waals surface area (Å²) in [6, 6.07) is 2.15. The van der Waals surface area contributed by atoms with Crippen LogP contribution in [0.5, 0.6) is 0 Å². The zero-order chi connectivity index (χ0) is 11.6. The van der Waals surface area contributed by atoms with Gasteiger partial charge in [0.05, 0.1) is 0 Å². The molecule has 0 saturated heterocycles. The minimum absolute atomic E-state index is 0.522. The van der Waals surface area contributed by atoms with Crippen molar-refractivity contribution in [2.45, 2.75) is 39.5 Å². The first-order valence-electron chi connectivity index (χ1n) is 5.61. The highest BCUT2D eigenvalue weighted by Gasteiger charge is 2.16. The van der Waals surface area contributed by atoms with Crippen molar-refractivity contribution in [2.24, 2.45) is 0 Å². The van der Waals surface area contributed by atoms with Crippen LogP contribution in [0.15, 0.2) is 12.3 Å². The summed E-state index contributed by atoms with van der Waals surface area (Å²) in [6.07, 6.45) is 1.91. The molecule has 84 valence electrons. The monoisotopic (exact) mass is 206 g/mol. The standard InChI is InChI=1S/C13H22N2/c1-9(2)11-7-8-14-13(15(5)6)12(11)10(3)4/h7-10H,1-6H3. The summed E-state index contributed by atoms with van der Waals surface area (Å²) in [5, 5.41) is 0. The zero-order valence-corrected chi connectivity index (χ0v) is 10.7. The van der Waals surface area contributed by atoms with Crippen LogP contribution in [-0.2, 0) is 0 Å². The van der Waals surface area contributed by atoms with Crippen LogP contribution in [0.1, 0.15) is 50.7 Å². The molecule has 1 aromatic rings. The van der Waals surface area contributed by atoms with Gasteiger partial charge in [-0.25, -0.2) is 4.98 Å². The summed E-state index contributed by atoms with van der Waals surface area (Å²) in [7, 11) is 4.11. The Hall–Kier alpha value is -1.05. The number of nitrogens with zero attached hydrogens (tertiary/aromatic N) is 2. The Labute approximate surface area is 93.3 Å². The lowest BCUT2D eigenvalue weighted by Gasteiger charge is -2.23. The normalized spacial score (nSPS) is 11.2. The van der Waals surface area contributed by atoms with E-state index < -0.39 is 0 Å². The molecule has 0 radical (unpaired) electrons. The van der Waals surface area contributed by atoms with Crippen LogP contribution in [0.2, 0.25) is 0 Å². The molecule has 0 unspecified atom stereocenters. The summed E-state index contributed by atoms with van der Waals surface area (Å²) >= 11 is 0. The molecule has 1 aromatic heterocycles. The molecule has 0 N–H and O–H groups in total. The van der Waals surface area contributed by atoms with Gasteiger partial charge in [-0.15, -0.1) is 0 Å². The second-order valence-electron chi connectivity index (χ2n) is 4.84. The molecule has 2 nitrogen and oxygen atoms in total. The molecule has 0 saturated carbocycles. The Morgan fingerprint density at radius 3 is 2.07 bits per heavy atom. The van der Waals surface area contributed by atoms with E-state index in [0.29, 0.717) is 11.8 Å². The van der Waals surface area contributed by atoms with Gasteiger partial charge < -0.3 is 4.90 Å². The topological polar surface area (TPSA) is 16.1 Å². The van der Waals surface area contributed by atoms with Crippen molar-refractivity contribution in [3.05, 3.63) is 23.4 Å². The molecule has 0 atom stereocenters. The highest BCUT2D eigenvalue weighted by atomic mass is 15.1. The van der Waals surface area contributed by atoms with Crippen molar-refractivity contribution in [1.29, 1.82) is 0 Å². The highest BCUT2D eigenvalue weighted by molar-refractivity contribution is 5.52. The average molecular weight is 206 g/mol. The predicted octanol–water partition coefficient (Wildman–Crippen LogP) is 3.39. The first-order valence-corrected chi connectivity index (χ1v) is 5.61. The molecule has 2 heteroatoms. The second kappa shape index (κ2) is 4.65. The van der Waals surface area contributed by atoms with Gasteiger partial charge in [0.15, 0.2) is 0 Å². The van der Waals surface area contributed by atoms with E-state index in [1.807, 2.05) is 6.20 Å². The average Bonchev–Trinajstić information content (AvgIpc) is 2.16. The SMILES string of the molecule is CC(C)c1ccnc(N(C)C)c1C(C)C. The van der Waals surface area contributed by atoms with E-state index >= 15 is 0 Å². The first kappa shape index (κ1) is 12.0. The maximum Gasteiger partial charge on any atom is 0.131 e. The molecule has 0 aromatic carbocycles. The van der Waals surface area contributed by atoms with Gasteiger partial charge in [-0.2, -0.15) is 0 Å². The van der Waals surface area contributed by atoms with Crippen molar-refractivity contribution in [3.63, 3.8) is 0 Å². The lowest BCUT2D eigenvalue weighted by Crippen LogP contribution is -2.15. The smallest absolute Gasteiger partial charge is 0.131 e. The van der Waals surface area contributed by atoms with Crippen LogP contribution in [0.3, 0.4) is 0 Å². The van der Waals surface area contributed by atoms with Crippen LogP contribution in [0, 0.1) is 0 Å². The van der Waals surface area contributed by atoms with E-state index in [1.54, 1.807) is 0 Å². The molecule has 1 heterocycles. The minimum Gasteiger partial charge on any atom is -0.363 e. The van der Waals surface area contributed by atoms with E-state index in [9.17, 15) is 0 Å². The molecule has 0 aliphatic carbocycles. The summed E-state index contributed by atoms with van der Waals surface area (Å²) in [5.74, 6) is 2.19. The fourth-order valence-corrected chi connectivity index (χ4v) is 1.93. The highest BCUT2D eigenvalue weighted by Crippen LogP contribution is 2.31. The third-order valence-corrected chi connectivity index (χ3v) is 2.63. The summed E-state index contributed by atoms with van der Waals surface area (Å²) in [4.78, 5) is 6.57. The molecule has 0 amide bonds. The van der Waals surface area contributed by atoms with E-state index in [2.05, 4.69) is 57.7 Å². The van der Waals surface area contributed by atoms with Crippen LogP contribution in [-0.4, -0.2) is 19.1 Å². The number of aromatic nitrogens is 1. The van der Waals surface area contributed by atoms with Gasteiger partial charge >= 0.3 is 0 Å². The number of pyridine rings is 1. The van der Waals surface area contributed by atoms with Crippen LogP contribution >= 0.6 is 0 Å². The molecule has 0 spiro atoms. The van der Waals surface area contributed by atoms with Gasteiger partial charge in [-0.1, -0.05) is 27.7 Å². The number of rotatable bonds is 3. The molecular weight excluding hydrogens is 184 g/mol. The maximum absolute atomic E-state index is 4.47. The molecular formula is C13H22N2. The molecule has 0 bridgehead atoms. The van der Waals surface area contributed by atoms with Crippen molar-refractivity contribution >= 4 is 5.82 Å². The molecule has 0 aliphatic heterocycles. The van der Waals surface area contributed by atoms with Crippen LogP contribution in [0.25, 0.3) is 0 Å². The van der Waals surface area contributed by atoms with Crippen molar-refractivity contribution in [3.8, 4) is 0 Å². The Balaban J connectivity index is 3.35. The van der Waals surface area contributed by atoms with E-state index in [4.69, 9.17) is 0 Å². The first-order chi connectivity index (χ1) is 6.95. The van der Waals surface area contributed by atoms with Crippen molar-refractivity contribution in [2.75, 3.05) is 19.0 Å². The Morgan fingerprint density at radius 1 is 1.07 bits per heavy atom. The van der Waals surface area contributed by atoms with Gasteiger partial charge in [0.2, 0.25) is 0 Å². The number of hydrogen-bond donors (Lipinski definition) is 0. The number of hydrogen-bond acceptors (Lipinski definition) is 2. The van der Waals surface area contributed by atoms with Gasteiger partial charge in [0.1, 0.15) is 5.82 Å². The summed E-state index contributed by atoms with van der Waals surface area (Å²) in [5.41, 5.74) is 2.81. The van der Waals surface area contributed by atoms with Gasteiger partial charge in [-0.3, -0.25) is 0 Å². The maximum atomic E-state index is 4.47. The van der Waals surface area contributed by atoms with E-state index in [1.165, 1.54) is 11.1 Å². The summed E-state index contributed by atoms with van der Waals surface area (Å²) < 4.78 is 0. The van der Waals surface area contributed by atoms with Gasteiger partial charge in [0.25, 0.3) is 0 Å². The molecule has 1 rings (SSSR count). The number of anilines is 1. The largest absolute Gasteiger partial charge is 0.363 e. The molecule has 0 fully saturated rings. The van der Waals surface area contributed by atoms with E-state index in [0.717, 1.165) is 5.82 Å². The second-order valence-corrected chi connectivity index (χ2v) is 4.84. The van der Waals surface area contributed by atoms with Crippen LogP contribution < -0.4 is 4.90 Å². The minimum atomic E-state index is 0.522. The molecule has 15 heavy (non-hydrogen) atoms. The Morgan fingerprint density at radius 2 is 1.67 bits per heavy atom. The lowest BCUT2D eigenvalue weighted by molar-refractivity contribution is 0.777. The lowest BCUT2D eigenvalue weighted by atomic mass is 9.91. The fourth-order valence-electron chi connectivity index (χ4n) is 1.93. The van der Waals surface area contributed by atoms with Crippen LogP contribution in [0.4, 0.5) is 5.82 Å². The Kier molecular flexibility index (Phi) is 3.72. The van der Waals surface area contributed by atoms with Gasteiger partial charge in [-0.05, 0) is 23.5 Å².